The first-order chi connectivity index (χ1) is 16.2. The van der Waals surface area contributed by atoms with Crippen molar-refractivity contribution in [2.24, 2.45) is 4.99 Å². The lowest BCUT2D eigenvalue weighted by molar-refractivity contribution is -0.137. The second-order valence-electron chi connectivity index (χ2n) is 7.00. The number of carbonyl (C=O) groups is 1. The third-order valence-electron chi connectivity index (χ3n) is 4.61. The van der Waals surface area contributed by atoms with Gasteiger partial charge in [-0.15, -0.1) is 0 Å². The summed E-state index contributed by atoms with van der Waals surface area (Å²) in [7, 11) is 0. The van der Waals surface area contributed by atoms with Crippen molar-refractivity contribution in [1.29, 1.82) is 5.26 Å². The predicted molar refractivity (Wildman–Crippen MR) is 118 cm³/mol. The van der Waals surface area contributed by atoms with Crippen LogP contribution in [0.3, 0.4) is 0 Å². The summed E-state index contributed by atoms with van der Waals surface area (Å²) in [4.78, 5) is 30.8. The number of amides is 1. The molecule has 0 fully saturated rings. The van der Waals surface area contributed by atoms with Crippen molar-refractivity contribution in [2.45, 2.75) is 6.18 Å². The molecule has 1 amide bonds. The van der Waals surface area contributed by atoms with Gasteiger partial charge in [-0.3, -0.25) is 15.1 Å². The maximum absolute atomic E-state index is 12.9. The van der Waals surface area contributed by atoms with Crippen molar-refractivity contribution in [3.8, 4) is 6.07 Å². The predicted octanol–water partition coefficient (Wildman–Crippen LogP) is 4.54. The molecule has 0 aliphatic heterocycles. The number of guanidine groups is 1. The molecule has 0 spiro atoms. The number of halogens is 3. The number of aromatic amines is 1. The normalized spacial score (nSPS) is 11.8. The van der Waals surface area contributed by atoms with E-state index in [0.29, 0.717) is 11.2 Å². The van der Waals surface area contributed by atoms with Crippen LogP contribution < -0.4 is 16.4 Å². The standard InChI is InChI=1S/C23H14F3N5O3/c24-23(25,26)15-4-6-16(7-5-15)28-21(31-20(32)14-3-1-2-13(10-14)12-27)29-17-8-9-18-19(11-17)34-22(33)30-18/h1-11H,(H,30,33)(H2,28,29,31,32). The maximum atomic E-state index is 12.9. The lowest BCUT2D eigenvalue weighted by Gasteiger charge is -2.12. The number of H-pyrrole nitrogens is 1. The molecule has 11 heteroatoms. The van der Waals surface area contributed by atoms with Crippen LogP contribution in [0, 0.1) is 11.3 Å². The number of alkyl halides is 3. The highest BCUT2D eigenvalue weighted by Crippen LogP contribution is 2.30. The fraction of sp³-hybridized carbons (Fsp3) is 0.0435. The second-order valence-corrected chi connectivity index (χ2v) is 7.00. The molecule has 0 radical (unpaired) electrons. The first-order valence-corrected chi connectivity index (χ1v) is 9.69. The van der Waals surface area contributed by atoms with Gasteiger partial charge in [-0.2, -0.15) is 18.4 Å². The molecule has 4 rings (SSSR count). The second kappa shape index (κ2) is 8.95. The first-order valence-electron chi connectivity index (χ1n) is 9.69. The van der Waals surface area contributed by atoms with Gasteiger partial charge in [0.1, 0.15) is 0 Å². The summed E-state index contributed by atoms with van der Waals surface area (Å²) >= 11 is 0. The highest BCUT2D eigenvalue weighted by atomic mass is 19.4. The number of aliphatic imine (C=N–C) groups is 1. The number of benzene rings is 3. The van der Waals surface area contributed by atoms with Gasteiger partial charge in [-0.1, -0.05) is 6.07 Å². The summed E-state index contributed by atoms with van der Waals surface area (Å²) in [5.74, 6) is -1.36. The van der Waals surface area contributed by atoms with Crippen LogP contribution in [0.15, 0.2) is 80.9 Å². The molecule has 3 N–H and O–H groups in total. The Morgan fingerprint density at radius 2 is 1.82 bits per heavy atom. The van der Waals surface area contributed by atoms with Gasteiger partial charge in [0.05, 0.1) is 28.4 Å². The Bertz CT molecular complexity index is 1500. The molecule has 0 bridgehead atoms. The highest BCUT2D eigenvalue weighted by Gasteiger charge is 2.30. The van der Waals surface area contributed by atoms with Gasteiger partial charge in [0.25, 0.3) is 5.91 Å². The largest absolute Gasteiger partial charge is 0.417 e. The first kappa shape index (κ1) is 22.3. The molecule has 4 aromatic rings. The third kappa shape index (κ3) is 5.13. The third-order valence-corrected chi connectivity index (χ3v) is 4.61. The number of aromatic nitrogens is 1. The smallest absolute Gasteiger partial charge is 0.408 e. The van der Waals surface area contributed by atoms with Crippen molar-refractivity contribution in [3.05, 3.63) is 94.0 Å². The van der Waals surface area contributed by atoms with Crippen LogP contribution in [0.2, 0.25) is 0 Å². The minimum atomic E-state index is -4.50. The molecule has 1 heterocycles. The van der Waals surface area contributed by atoms with Crippen molar-refractivity contribution in [3.63, 3.8) is 0 Å². The SMILES string of the molecule is N#Cc1cccc(C(=O)NC(=Nc2ccc(C(F)(F)F)cc2)Nc2ccc3[nH]c(=O)oc3c2)c1. The number of oxazole rings is 1. The van der Waals surface area contributed by atoms with Gasteiger partial charge in [0.15, 0.2) is 5.58 Å². The van der Waals surface area contributed by atoms with Crippen LogP contribution in [0.25, 0.3) is 11.1 Å². The molecule has 0 aliphatic rings. The van der Waals surface area contributed by atoms with E-state index in [1.165, 1.54) is 30.3 Å². The lowest BCUT2D eigenvalue weighted by Crippen LogP contribution is -2.35. The van der Waals surface area contributed by atoms with Crippen LogP contribution in [0.4, 0.5) is 24.5 Å². The number of carbonyl (C=O) groups excluding carboxylic acids is 1. The van der Waals surface area contributed by atoms with Crippen molar-refractivity contribution >= 4 is 34.3 Å². The van der Waals surface area contributed by atoms with E-state index in [1.54, 1.807) is 12.1 Å². The average molecular weight is 465 g/mol. The molecule has 0 atom stereocenters. The zero-order valence-electron chi connectivity index (χ0n) is 17.1. The van der Waals surface area contributed by atoms with E-state index < -0.39 is 23.4 Å². The molecular weight excluding hydrogens is 451 g/mol. The fourth-order valence-electron chi connectivity index (χ4n) is 3.01. The summed E-state index contributed by atoms with van der Waals surface area (Å²) in [6.45, 7) is 0. The molecule has 0 unspecified atom stereocenters. The summed E-state index contributed by atoms with van der Waals surface area (Å²) in [5, 5.41) is 14.5. The van der Waals surface area contributed by atoms with Gasteiger partial charge in [0, 0.05) is 17.3 Å². The van der Waals surface area contributed by atoms with Gasteiger partial charge < -0.3 is 9.73 Å². The van der Waals surface area contributed by atoms with Gasteiger partial charge in [-0.05, 0) is 54.6 Å². The summed E-state index contributed by atoms with van der Waals surface area (Å²) in [5.41, 5.74) is 0.822. The number of anilines is 1. The number of fused-ring (bicyclic) bond motifs is 1. The number of rotatable bonds is 3. The highest BCUT2D eigenvalue weighted by molar-refractivity contribution is 6.11. The van der Waals surface area contributed by atoms with E-state index in [-0.39, 0.29) is 28.4 Å². The Balaban J connectivity index is 1.67. The van der Waals surface area contributed by atoms with E-state index in [2.05, 4.69) is 20.6 Å². The van der Waals surface area contributed by atoms with Crippen LogP contribution in [-0.2, 0) is 6.18 Å². The Morgan fingerprint density at radius 3 is 2.53 bits per heavy atom. The number of hydrogen-bond acceptors (Lipinski definition) is 5. The molecule has 0 saturated carbocycles. The van der Waals surface area contributed by atoms with Crippen LogP contribution in [-0.4, -0.2) is 16.9 Å². The Kier molecular flexibility index (Phi) is 5.88. The molecular formula is C23H14F3N5O3. The van der Waals surface area contributed by atoms with Crippen LogP contribution >= 0.6 is 0 Å². The molecule has 34 heavy (non-hydrogen) atoms. The number of nitrogens with zero attached hydrogens (tertiary/aromatic N) is 2. The molecule has 3 aromatic carbocycles. The summed E-state index contributed by atoms with van der Waals surface area (Å²) in [6, 6.07) is 16.6. The van der Waals surface area contributed by atoms with Crippen LogP contribution in [0.1, 0.15) is 21.5 Å². The van der Waals surface area contributed by atoms with Gasteiger partial charge in [0.2, 0.25) is 5.96 Å². The zero-order chi connectivity index (χ0) is 24.3. The minimum Gasteiger partial charge on any atom is -0.408 e. The van der Waals surface area contributed by atoms with E-state index >= 15 is 0 Å². The number of nitrogens with one attached hydrogen (secondary N) is 3. The van der Waals surface area contributed by atoms with Crippen LogP contribution in [0.5, 0.6) is 0 Å². The molecule has 0 aliphatic carbocycles. The Hall–Kier alpha value is -4.85. The van der Waals surface area contributed by atoms with E-state index in [9.17, 15) is 22.8 Å². The maximum Gasteiger partial charge on any atom is 0.417 e. The van der Waals surface area contributed by atoms with E-state index in [0.717, 1.165) is 24.3 Å². The minimum absolute atomic E-state index is 0.107. The topological polar surface area (TPSA) is 123 Å². The number of nitriles is 1. The summed E-state index contributed by atoms with van der Waals surface area (Å²) in [6.07, 6.45) is -4.50. The van der Waals surface area contributed by atoms with Gasteiger partial charge >= 0.3 is 11.9 Å². The van der Waals surface area contributed by atoms with Gasteiger partial charge in [-0.25, -0.2) is 9.79 Å². The summed E-state index contributed by atoms with van der Waals surface area (Å²) < 4.78 is 43.6. The van der Waals surface area contributed by atoms with Crippen molar-refractivity contribution in [1.82, 2.24) is 10.3 Å². The quantitative estimate of drug-likeness (QED) is 0.303. The zero-order valence-corrected chi connectivity index (χ0v) is 17.1. The van der Waals surface area contributed by atoms with E-state index in [1.807, 2.05) is 6.07 Å². The number of hydrogen-bond donors (Lipinski definition) is 3. The molecule has 1 aromatic heterocycles. The lowest BCUT2D eigenvalue weighted by atomic mass is 10.1. The molecule has 8 nitrogen and oxygen atoms in total. The molecule has 170 valence electrons. The van der Waals surface area contributed by atoms with Crippen molar-refractivity contribution in [2.75, 3.05) is 5.32 Å². The monoisotopic (exact) mass is 465 g/mol. The average Bonchev–Trinajstić information content (AvgIpc) is 3.18. The van der Waals surface area contributed by atoms with Crippen molar-refractivity contribution < 1.29 is 22.4 Å². The van der Waals surface area contributed by atoms with E-state index in [4.69, 9.17) is 9.68 Å². The fourth-order valence-corrected chi connectivity index (χ4v) is 3.01. The Morgan fingerprint density at radius 1 is 1.06 bits per heavy atom. The molecule has 0 saturated heterocycles. The Labute approximate surface area is 189 Å².